The summed E-state index contributed by atoms with van der Waals surface area (Å²) in [5.74, 6) is -1.78. The van der Waals surface area contributed by atoms with Crippen LogP contribution >= 0.6 is 11.5 Å². The van der Waals surface area contributed by atoms with Crippen molar-refractivity contribution in [1.29, 1.82) is 5.26 Å². The number of nitrogens with one attached hydrogen (secondary N) is 1. The van der Waals surface area contributed by atoms with Crippen molar-refractivity contribution < 1.29 is 31.9 Å². The van der Waals surface area contributed by atoms with Crippen molar-refractivity contribution in [2.24, 2.45) is 0 Å². The van der Waals surface area contributed by atoms with Gasteiger partial charge >= 0.3 is 5.97 Å². The first-order valence-electron chi connectivity index (χ1n) is 9.82. The van der Waals surface area contributed by atoms with Gasteiger partial charge in [0.05, 0.1) is 12.2 Å². The highest BCUT2D eigenvalue weighted by molar-refractivity contribution is 7.90. The fraction of sp³-hybridized carbons (Fsp3) is 0.136. The summed E-state index contributed by atoms with van der Waals surface area (Å²) in [6.07, 6.45) is 2.19. The van der Waals surface area contributed by atoms with E-state index < -0.39 is 32.7 Å². The van der Waals surface area contributed by atoms with E-state index in [2.05, 4.69) is 14.7 Å². The van der Waals surface area contributed by atoms with E-state index in [4.69, 9.17) is 9.47 Å². The number of rotatable bonds is 8. The van der Waals surface area contributed by atoms with Crippen LogP contribution in [0.3, 0.4) is 0 Å². The van der Waals surface area contributed by atoms with E-state index in [1.165, 1.54) is 36.4 Å². The number of halogens is 1. The Morgan fingerprint density at radius 3 is 2.51 bits per heavy atom. The van der Waals surface area contributed by atoms with Gasteiger partial charge in [-0.15, -0.1) is 0 Å². The van der Waals surface area contributed by atoms with Crippen molar-refractivity contribution in [2.45, 2.75) is 12.1 Å². The highest BCUT2D eigenvalue weighted by Crippen LogP contribution is 2.30. The number of esters is 1. The third-order valence-corrected chi connectivity index (χ3v) is 5.78. The van der Waals surface area contributed by atoms with Crippen molar-refractivity contribution in [1.82, 2.24) is 9.36 Å². The highest BCUT2D eigenvalue weighted by Gasteiger charge is 2.18. The van der Waals surface area contributed by atoms with E-state index in [0.717, 1.165) is 18.4 Å². The van der Waals surface area contributed by atoms with Gasteiger partial charge in [0.1, 0.15) is 17.5 Å². The molecule has 10 nitrogen and oxygen atoms in total. The number of anilines is 1. The minimum atomic E-state index is -3.64. The lowest BCUT2D eigenvalue weighted by Gasteiger charge is -2.11. The van der Waals surface area contributed by atoms with Gasteiger partial charge in [0.25, 0.3) is 11.1 Å². The van der Waals surface area contributed by atoms with Gasteiger partial charge < -0.3 is 9.47 Å². The smallest absolute Gasteiger partial charge is 0.343 e. The van der Waals surface area contributed by atoms with Gasteiger partial charge in [-0.25, -0.2) is 17.6 Å². The number of sulfone groups is 1. The second kappa shape index (κ2) is 10.9. The maximum atomic E-state index is 13.1. The average Bonchev–Trinajstić information content (AvgIpc) is 3.28. The lowest BCUT2D eigenvalue weighted by molar-refractivity contribution is -0.112. The van der Waals surface area contributed by atoms with Crippen molar-refractivity contribution in [3.63, 3.8) is 0 Å². The molecule has 0 aliphatic heterocycles. The van der Waals surface area contributed by atoms with E-state index in [1.54, 1.807) is 13.0 Å². The Labute approximate surface area is 203 Å². The number of aromatic nitrogens is 2. The van der Waals surface area contributed by atoms with E-state index in [1.807, 2.05) is 0 Å². The predicted octanol–water partition coefficient (Wildman–Crippen LogP) is 3.24. The number of benzene rings is 2. The van der Waals surface area contributed by atoms with Gasteiger partial charge in [-0.05, 0) is 55.0 Å². The second-order valence-electron chi connectivity index (χ2n) is 6.81. The van der Waals surface area contributed by atoms with Crippen LogP contribution in [0.4, 0.5) is 9.52 Å². The molecule has 0 saturated carbocycles. The van der Waals surface area contributed by atoms with Crippen LogP contribution in [-0.4, -0.2) is 42.5 Å². The zero-order valence-corrected chi connectivity index (χ0v) is 19.9. The Morgan fingerprint density at radius 1 is 1.20 bits per heavy atom. The molecular weight excluding hydrogens is 499 g/mol. The van der Waals surface area contributed by atoms with Crippen LogP contribution in [0.2, 0.25) is 0 Å². The molecule has 0 unspecified atom stereocenters. The summed E-state index contributed by atoms with van der Waals surface area (Å²) < 4.78 is 50.6. The van der Waals surface area contributed by atoms with Crippen molar-refractivity contribution in [2.75, 3.05) is 18.2 Å². The maximum absolute atomic E-state index is 13.1. The molecule has 1 heterocycles. The quantitative estimate of drug-likeness (QED) is 0.206. The Bertz CT molecular complexity index is 1440. The van der Waals surface area contributed by atoms with Crippen LogP contribution in [-0.2, 0) is 14.6 Å². The number of carbonyl (C=O) groups excluding carboxylic acids is 2. The van der Waals surface area contributed by atoms with Crippen molar-refractivity contribution in [3.05, 3.63) is 65.0 Å². The van der Waals surface area contributed by atoms with Crippen LogP contribution in [0.25, 0.3) is 6.08 Å². The molecule has 0 atom stereocenters. The predicted molar refractivity (Wildman–Crippen MR) is 124 cm³/mol. The highest BCUT2D eigenvalue weighted by atomic mass is 32.2. The largest absolute Gasteiger partial charge is 0.490 e. The lowest BCUT2D eigenvalue weighted by atomic mass is 10.1. The zero-order valence-electron chi connectivity index (χ0n) is 18.3. The number of ether oxygens (including phenoxy) is 2. The number of hydrogen-bond donors (Lipinski definition) is 1. The first kappa shape index (κ1) is 25.5. The molecule has 0 aliphatic rings. The van der Waals surface area contributed by atoms with Gasteiger partial charge in [-0.3, -0.25) is 10.1 Å². The molecule has 13 heteroatoms. The molecular formula is C22H17FN4O6S2. The maximum Gasteiger partial charge on any atom is 0.343 e. The number of nitriles is 1. The number of hydrogen-bond acceptors (Lipinski definition) is 10. The summed E-state index contributed by atoms with van der Waals surface area (Å²) in [6.45, 7) is 1.95. The van der Waals surface area contributed by atoms with Crippen molar-refractivity contribution in [3.8, 4) is 17.6 Å². The minimum absolute atomic E-state index is 0.0865. The molecule has 0 bridgehead atoms. The zero-order chi connectivity index (χ0) is 25.6. The molecule has 1 N–H and O–H groups in total. The molecule has 0 spiro atoms. The molecule has 180 valence electrons. The molecule has 2 aromatic carbocycles. The fourth-order valence-corrected chi connectivity index (χ4v) is 4.04. The minimum Gasteiger partial charge on any atom is -0.490 e. The van der Waals surface area contributed by atoms with E-state index in [0.29, 0.717) is 17.1 Å². The van der Waals surface area contributed by atoms with Crippen LogP contribution in [0.15, 0.2) is 53.2 Å². The van der Waals surface area contributed by atoms with Gasteiger partial charge in [0.15, 0.2) is 11.5 Å². The van der Waals surface area contributed by atoms with Crippen LogP contribution in [0.1, 0.15) is 22.8 Å². The molecule has 3 aromatic rings. The SMILES string of the molecule is CCOc1cc(C=C(C#N)C(=O)Nc2nc(S(C)(=O)=O)ns2)ccc1OC(=O)c1ccc(F)cc1. The van der Waals surface area contributed by atoms with Crippen molar-refractivity contribution >= 4 is 44.5 Å². The standard InChI is InChI=1S/C22H17FN4O6S2/c1-3-32-18-11-13(4-9-17(18)33-20(29)14-5-7-16(23)8-6-14)10-15(12-24)19(28)25-21-26-22(27-34-21)35(2,30)31/h4-11H,3H2,1-2H3,(H,25,26,27,28). The first-order chi connectivity index (χ1) is 16.6. The fourth-order valence-electron chi connectivity index (χ4n) is 2.60. The monoisotopic (exact) mass is 516 g/mol. The summed E-state index contributed by atoms with van der Waals surface area (Å²) in [7, 11) is -3.64. The summed E-state index contributed by atoms with van der Waals surface area (Å²) in [5, 5.41) is 11.2. The Hall–Kier alpha value is -4.15. The van der Waals surface area contributed by atoms with Gasteiger partial charge in [-0.2, -0.15) is 14.6 Å². The summed E-state index contributed by atoms with van der Waals surface area (Å²) in [5.41, 5.74) is 0.215. The first-order valence-corrected chi connectivity index (χ1v) is 12.5. The summed E-state index contributed by atoms with van der Waals surface area (Å²) in [4.78, 5) is 28.5. The molecule has 1 aromatic heterocycles. The van der Waals surface area contributed by atoms with E-state index >= 15 is 0 Å². The van der Waals surface area contributed by atoms with E-state index in [9.17, 15) is 27.7 Å². The lowest BCUT2D eigenvalue weighted by Crippen LogP contribution is -2.13. The third kappa shape index (κ3) is 6.69. The van der Waals surface area contributed by atoms with Crippen LogP contribution in [0.5, 0.6) is 11.5 Å². The molecule has 0 fully saturated rings. The Morgan fingerprint density at radius 2 is 1.91 bits per heavy atom. The average molecular weight is 517 g/mol. The molecule has 35 heavy (non-hydrogen) atoms. The second-order valence-corrected chi connectivity index (χ2v) is 9.48. The molecule has 1 amide bonds. The van der Waals surface area contributed by atoms with Gasteiger partial charge in [0.2, 0.25) is 15.0 Å². The Balaban J connectivity index is 1.81. The third-order valence-electron chi connectivity index (χ3n) is 4.19. The summed E-state index contributed by atoms with van der Waals surface area (Å²) >= 11 is 0.656. The normalized spacial score (nSPS) is 11.4. The summed E-state index contributed by atoms with van der Waals surface area (Å²) in [6, 6.07) is 11.0. The van der Waals surface area contributed by atoms with Crippen LogP contribution in [0, 0.1) is 17.1 Å². The molecule has 0 aliphatic carbocycles. The van der Waals surface area contributed by atoms with Gasteiger partial charge in [-0.1, -0.05) is 6.07 Å². The van der Waals surface area contributed by atoms with Crippen LogP contribution < -0.4 is 14.8 Å². The number of nitrogens with zero attached hydrogens (tertiary/aromatic N) is 3. The molecule has 0 radical (unpaired) electrons. The number of carbonyl (C=O) groups is 2. The number of amides is 1. The van der Waals surface area contributed by atoms with E-state index in [-0.39, 0.29) is 34.4 Å². The molecule has 0 saturated heterocycles. The molecule has 3 rings (SSSR count). The van der Waals surface area contributed by atoms with Gasteiger partial charge in [0, 0.05) is 17.8 Å². The Kier molecular flexibility index (Phi) is 7.90. The topological polar surface area (TPSA) is 148 Å².